The third-order valence-electron chi connectivity index (χ3n) is 2.91. The molecule has 1 aromatic carbocycles. The molecule has 0 aromatic heterocycles. The zero-order valence-corrected chi connectivity index (χ0v) is 9.17. The lowest BCUT2D eigenvalue weighted by Gasteiger charge is -2.09. The Morgan fingerprint density at radius 3 is 2.87 bits per heavy atom. The van der Waals surface area contributed by atoms with E-state index in [1.807, 2.05) is 0 Å². The molecule has 2 rings (SSSR count). The Labute approximate surface area is 93.9 Å². The van der Waals surface area contributed by atoms with Gasteiger partial charge in [0, 0.05) is 0 Å². The summed E-state index contributed by atoms with van der Waals surface area (Å²) in [4.78, 5) is 0. The third kappa shape index (κ3) is 2.70. The quantitative estimate of drug-likeness (QED) is 0.839. The Kier molecular flexibility index (Phi) is 3.27. The van der Waals surface area contributed by atoms with Crippen LogP contribution in [0.4, 0.5) is 4.39 Å². The standard InChI is InChI=1S/C12H14ClFO/c13-10-3-1-2-9(12(10)14)6-7-11(15)8-4-5-8/h1-3,8,11,15H,4-7H2. The van der Waals surface area contributed by atoms with Gasteiger partial charge in [-0.25, -0.2) is 4.39 Å². The molecule has 82 valence electrons. The van der Waals surface area contributed by atoms with Gasteiger partial charge in [0.15, 0.2) is 0 Å². The molecule has 0 radical (unpaired) electrons. The Bertz CT molecular complexity index is 349. The normalized spacial score (nSPS) is 17.8. The molecular weight excluding hydrogens is 215 g/mol. The van der Waals surface area contributed by atoms with Crippen LogP contribution in [0.3, 0.4) is 0 Å². The second-order valence-electron chi connectivity index (χ2n) is 4.16. The number of aryl methyl sites for hydroxylation is 1. The summed E-state index contributed by atoms with van der Waals surface area (Å²) < 4.78 is 13.5. The van der Waals surface area contributed by atoms with Crippen LogP contribution in [0.5, 0.6) is 0 Å². The zero-order chi connectivity index (χ0) is 10.8. The van der Waals surface area contributed by atoms with Crippen molar-refractivity contribution >= 4 is 11.6 Å². The van der Waals surface area contributed by atoms with Gasteiger partial charge < -0.3 is 5.11 Å². The van der Waals surface area contributed by atoms with Gasteiger partial charge in [-0.2, -0.15) is 0 Å². The number of rotatable bonds is 4. The molecule has 0 heterocycles. The van der Waals surface area contributed by atoms with Gasteiger partial charge in [-0.3, -0.25) is 0 Å². The second-order valence-corrected chi connectivity index (χ2v) is 4.56. The fourth-order valence-corrected chi connectivity index (χ4v) is 1.96. The lowest BCUT2D eigenvalue weighted by molar-refractivity contribution is 0.141. The van der Waals surface area contributed by atoms with Gasteiger partial charge >= 0.3 is 0 Å². The molecule has 0 saturated heterocycles. The molecule has 1 aromatic rings. The summed E-state index contributed by atoms with van der Waals surface area (Å²) in [5.41, 5.74) is 0.599. The first-order chi connectivity index (χ1) is 7.18. The van der Waals surface area contributed by atoms with E-state index in [-0.39, 0.29) is 16.9 Å². The Morgan fingerprint density at radius 2 is 2.20 bits per heavy atom. The van der Waals surface area contributed by atoms with Crippen molar-refractivity contribution in [2.45, 2.75) is 31.8 Å². The Morgan fingerprint density at radius 1 is 1.47 bits per heavy atom. The maximum absolute atomic E-state index is 13.5. The SMILES string of the molecule is OC(CCc1cccc(Cl)c1F)C1CC1. The van der Waals surface area contributed by atoms with E-state index in [4.69, 9.17) is 11.6 Å². The van der Waals surface area contributed by atoms with E-state index in [1.165, 1.54) is 6.07 Å². The Hall–Kier alpha value is -0.600. The average Bonchev–Trinajstić information content (AvgIpc) is 3.03. The predicted octanol–water partition coefficient (Wildman–Crippen LogP) is 3.18. The van der Waals surface area contributed by atoms with Gasteiger partial charge in [-0.15, -0.1) is 0 Å². The molecule has 0 aliphatic heterocycles. The highest BCUT2D eigenvalue weighted by atomic mass is 35.5. The first-order valence-corrected chi connectivity index (χ1v) is 5.67. The minimum Gasteiger partial charge on any atom is -0.393 e. The summed E-state index contributed by atoms with van der Waals surface area (Å²) in [5, 5.41) is 9.82. The summed E-state index contributed by atoms with van der Waals surface area (Å²) in [6, 6.07) is 5.00. The van der Waals surface area contributed by atoms with Crippen molar-refractivity contribution in [3.63, 3.8) is 0 Å². The van der Waals surface area contributed by atoms with Gasteiger partial charge in [-0.1, -0.05) is 23.7 Å². The highest BCUT2D eigenvalue weighted by Gasteiger charge is 2.29. The molecule has 1 atom stereocenters. The average molecular weight is 229 g/mol. The monoisotopic (exact) mass is 228 g/mol. The van der Waals surface area contributed by atoms with E-state index in [0.29, 0.717) is 24.3 Å². The van der Waals surface area contributed by atoms with Gasteiger partial charge in [0.2, 0.25) is 0 Å². The van der Waals surface area contributed by atoms with Crippen LogP contribution in [-0.2, 0) is 6.42 Å². The van der Waals surface area contributed by atoms with E-state index in [2.05, 4.69) is 0 Å². The van der Waals surface area contributed by atoms with Crippen molar-refractivity contribution in [3.8, 4) is 0 Å². The molecular formula is C12H14ClFO. The first kappa shape index (κ1) is 10.9. The fraction of sp³-hybridized carbons (Fsp3) is 0.500. The molecule has 1 N–H and O–H groups in total. The topological polar surface area (TPSA) is 20.2 Å². The van der Waals surface area contributed by atoms with Crippen LogP contribution in [0.2, 0.25) is 5.02 Å². The minimum atomic E-state index is -0.345. The van der Waals surface area contributed by atoms with E-state index in [1.54, 1.807) is 12.1 Å². The maximum Gasteiger partial charge on any atom is 0.144 e. The molecule has 1 nitrogen and oxygen atoms in total. The lowest BCUT2D eigenvalue weighted by atomic mass is 10.0. The molecule has 1 fully saturated rings. The molecule has 0 bridgehead atoms. The number of hydrogen-bond acceptors (Lipinski definition) is 1. The summed E-state index contributed by atoms with van der Waals surface area (Å²) in [5.74, 6) is 0.106. The second kappa shape index (κ2) is 4.50. The minimum absolute atomic E-state index is 0.161. The van der Waals surface area contributed by atoms with Crippen molar-refractivity contribution in [2.75, 3.05) is 0 Å². The van der Waals surface area contributed by atoms with Crippen LogP contribution in [-0.4, -0.2) is 11.2 Å². The van der Waals surface area contributed by atoms with Crippen LogP contribution < -0.4 is 0 Å². The van der Waals surface area contributed by atoms with Gasteiger partial charge in [0.1, 0.15) is 5.82 Å². The molecule has 1 aliphatic carbocycles. The molecule has 1 saturated carbocycles. The maximum atomic E-state index is 13.5. The van der Waals surface area contributed by atoms with Crippen molar-refractivity contribution in [3.05, 3.63) is 34.6 Å². The van der Waals surface area contributed by atoms with Crippen molar-refractivity contribution in [2.24, 2.45) is 5.92 Å². The largest absolute Gasteiger partial charge is 0.393 e. The van der Waals surface area contributed by atoms with E-state index in [9.17, 15) is 9.50 Å². The molecule has 3 heteroatoms. The smallest absolute Gasteiger partial charge is 0.144 e. The van der Waals surface area contributed by atoms with Crippen molar-refractivity contribution in [1.82, 2.24) is 0 Å². The molecule has 0 spiro atoms. The van der Waals surface area contributed by atoms with Crippen LogP contribution in [0, 0.1) is 11.7 Å². The lowest BCUT2D eigenvalue weighted by Crippen LogP contribution is -2.10. The molecule has 0 amide bonds. The van der Waals surface area contributed by atoms with Crippen LogP contribution >= 0.6 is 11.6 Å². The van der Waals surface area contributed by atoms with Crippen LogP contribution in [0.25, 0.3) is 0 Å². The van der Waals surface area contributed by atoms with Gasteiger partial charge in [0.05, 0.1) is 11.1 Å². The van der Waals surface area contributed by atoms with E-state index < -0.39 is 0 Å². The Balaban J connectivity index is 1.95. The van der Waals surface area contributed by atoms with E-state index >= 15 is 0 Å². The summed E-state index contributed by atoms with van der Waals surface area (Å²) in [6.07, 6.45) is 3.13. The van der Waals surface area contributed by atoms with Crippen LogP contribution in [0.1, 0.15) is 24.8 Å². The van der Waals surface area contributed by atoms with Gasteiger partial charge in [0.25, 0.3) is 0 Å². The van der Waals surface area contributed by atoms with E-state index in [0.717, 1.165) is 12.8 Å². The number of benzene rings is 1. The summed E-state index contributed by atoms with van der Waals surface area (Å²) in [6.45, 7) is 0. The number of aliphatic hydroxyl groups is 1. The number of aliphatic hydroxyl groups excluding tert-OH is 1. The molecule has 15 heavy (non-hydrogen) atoms. The zero-order valence-electron chi connectivity index (χ0n) is 8.42. The third-order valence-corrected chi connectivity index (χ3v) is 3.20. The highest BCUT2D eigenvalue weighted by molar-refractivity contribution is 6.30. The predicted molar refractivity (Wildman–Crippen MR) is 58.5 cm³/mol. The number of halogens is 2. The molecule has 1 aliphatic rings. The van der Waals surface area contributed by atoms with Crippen molar-refractivity contribution < 1.29 is 9.50 Å². The molecule has 1 unspecified atom stereocenters. The number of hydrogen-bond donors (Lipinski definition) is 1. The highest BCUT2D eigenvalue weighted by Crippen LogP contribution is 2.34. The first-order valence-electron chi connectivity index (χ1n) is 5.29. The van der Waals surface area contributed by atoms with Crippen LogP contribution in [0.15, 0.2) is 18.2 Å². The summed E-state index contributed by atoms with van der Waals surface area (Å²) >= 11 is 5.67. The fourth-order valence-electron chi connectivity index (χ4n) is 1.76. The van der Waals surface area contributed by atoms with Gasteiger partial charge in [-0.05, 0) is 43.2 Å². The van der Waals surface area contributed by atoms with Crippen molar-refractivity contribution in [1.29, 1.82) is 0 Å². The summed E-state index contributed by atoms with van der Waals surface area (Å²) in [7, 11) is 0.